The summed E-state index contributed by atoms with van der Waals surface area (Å²) in [6.45, 7) is 4.80. The minimum atomic E-state index is -0.840. The van der Waals surface area contributed by atoms with Crippen molar-refractivity contribution in [1.82, 2.24) is 10.2 Å². The molecule has 0 aromatic heterocycles. The quantitative estimate of drug-likeness (QED) is 0.676. The largest absolute Gasteiger partial charge is 0.481 e. The molecule has 0 atom stereocenters. The zero-order chi connectivity index (χ0) is 13.4. The van der Waals surface area contributed by atoms with E-state index in [1.807, 2.05) is 11.8 Å². The van der Waals surface area contributed by atoms with Gasteiger partial charge in [-0.05, 0) is 19.4 Å². The normalized spacial score (nSPS) is 16.8. The molecule has 2 N–H and O–H groups in total. The third kappa shape index (κ3) is 5.46. The Labute approximate surface area is 107 Å². The predicted molar refractivity (Wildman–Crippen MR) is 66.4 cm³/mol. The zero-order valence-electron chi connectivity index (χ0n) is 10.9. The first-order valence-corrected chi connectivity index (χ1v) is 6.45. The van der Waals surface area contributed by atoms with Gasteiger partial charge in [0, 0.05) is 13.1 Å². The average Bonchev–Trinajstić information content (AvgIpc) is 2.36. The number of hydrogen-bond acceptors (Lipinski definition) is 4. The summed E-state index contributed by atoms with van der Waals surface area (Å²) in [6, 6.07) is 0. The van der Waals surface area contributed by atoms with Gasteiger partial charge in [0.25, 0.3) is 0 Å². The molecule has 0 aliphatic carbocycles. The number of aliphatic carboxylic acids is 1. The molecule has 1 heterocycles. The summed E-state index contributed by atoms with van der Waals surface area (Å²) in [5, 5.41) is 11.5. The SMILES string of the molecule is CCNCC(=O)N1CCC(OCCC(=O)O)CC1. The van der Waals surface area contributed by atoms with E-state index in [4.69, 9.17) is 9.84 Å². The highest BCUT2D eigenvalue weighted by molar-refractivity contribution is 5.78. The Morgan fingerprint density at radius 2 is 2.06 bits per heavy atom. The molecule has 1 fully saturated rings. The second-order valence-corrected chi connectivity index (χ2v) is 4.38. The van der Waals surface area contributed by atoms with Crippen molar-refractivity contribution in [2.45, 2.75) is 32.3 Å². The summed E-state index contributed by atoms with van der Waals surface area (Å²) in [7, 11) is 0. The highest BCUT2D eigenvalue weighted by atomic mass is 16.5. The summed E-state index contributed by atoms with van der Waals surface area (Å²) in [5.74, 6) is -0.714. The number of hydrogen-bond donors (Lipinski definition) is 2. The maximum atomic E-state index is 11.7. The van der Waals surface area contributed by atoms with Crippen LogP contribution in [0.15, 0.2) is 0 Å². The minimum Gasteiger partial charge on any atom is -0.481 e. The summed E-state index contributed by atoms with van der Waals surface area (Å²) in [5.41, 5.74) is 0. The predicted octanol–water partition coefficient (Wildman–Crippen LogP) is 0.0782. The Hall–Kier alpha value is -1.14. The molecule has 0 aromatic carbocycles. The third-order valence-electron chi connectivity index (χ3n) is 2.99. The van der Waals surface area contributed by atoms with E-state index < -0.39 is 5.97 Å². The second kappa shape index (κ2) is 8.05. The molecule has 6 nitrogen and oxygen atoms in total. The lowest BCUT2D eigenvalue weighted by atomic mass is 10.1. The second-order valence-electron chi connectivity index (χ2n) is 4.38. The Kier molecular flexibility index (Phi) is 6.67. The van der Waals surface area contributed by atoms with Gasteiger partial charge in [0.05, 0.1) is 25.7 Å². The molecule has 1 amide bonds. The number of carboxylic acid groups (broad SMARTS) is 1. The molecule has 0 bridgehead atoms. The van der Waals surface area contributed by atoms with Crippen LogP contribution in [0.1, 0.15) is 26.2 Å². The number of carboxylic acids is 1. The van der Waals surface area contributed by atoms with Gasteiger partial charge in [0.2, 0.25) is 5.91 Å². The van der Waals surface area contributed by atoms with Gasteiger partial charge in [0.1, 0.15) is 0 Å². The van der Waals surface area contributed by atoms with Crippen LogP contribution >= 0.6 is 0 Å². The Bertz CT molecular complexity index is 275. The van der Waals surface area contributed by atoms with Crippen molar-refractivity contribution < 1.29 is 19.4 Å². The molecule has 1 saturated heterocycles. The van der Waals surface area contributed by atoms with Crippen molar-refractivity contribution >= 4 is 11.9 Å². The number of nitrogens with zero attached hydrogens (tertiary/aromatic N) is 1. The maximum Gasteiger partial charge on any atom is 0.305 e. The van der Waals surface area contributed by atoms with Crippen LogP contribution < -0.4 is 5.32 Å². The summed E-state index contributed by atoms with van der Waals surface area (Å²) >= 11 is 0. The monoisotopic (exact) mass is 258 g/mol. The highest BCUT2D eigenvalue weighted by Crippen LogP contribution is 2.13. The molecular formula is C12H22N2O4. The topological polar surface area (TPSA) is 78.9 Å². The van der Waals surface area contributed by atoms with Crippen LogP contribution in [0.4, 0.5) is 0 Å². The number of ether oxygens (including phenoxy) is 1. The van der Waals surface area contributed by atoms with Gasteiger partial charge in [0.15, 0.2) is 0 Å². The fraction of sp³-hybridized carbons (Fsp3) is 0.833. The number of carbonyl (C=O) groups is 2. The van der Waals surface area contributed by atoms with Crippen LogP contribution in [0.2, 0.25) is 0 Å². The number of nitrogens with one attached hydrogen (secondary N) is 1. The van der Waals surface area contributed by atoms with E-state index in [0.717, 1.165) is 19.4 Å². The Balaban J connectivity index is 2.16. The van der Waals surface area contributed by atoms with Crippen LogP contribution in [0, 0.1) is 0 Å². The van der Waals surface area contributed by atoms with Gasteiger partial charge in [-0.3, -0.25) is 9.59 Å². The van der Waals surface area contributed by atoms with E-state index in [1.165, 1.54) is 0 Å². The number of amides is 1. The maximum absolute atomic E-state index is 11.7. The van der Waals surface area contributed by atoms with Crippen molar-refractivity contribution in [3.05, 3.63) is 0 Å². The molecule has 104 valence electrons. The average molecular weight is 258 g/mol. The lowest BCUT2D eigenvalue weighted by Gasteiger charge is -2.32. The lowest BCUT2D eigenvalue weighted by Crippen LogP contribution is -2.44. The molecule has 1 aliphatic rings. The molecule has 0 spiro atoms. The first-order valence-electron chi connectivity index (χ1n) is 6.45. The van der Waals surface area contributed by atoms with Crippen molar-refractivity contribution in [2.75, 3.05) is 32.8 Å². The summed E-state index contributed by atoms with van der Waals surface area (Å²) in [6.07, 6.45) is 1.71. The van der Waals surface area contributed by atoms with Gasteiger partial charge in [-0.15, -0.1) is 0 Å². The van der Waals surface area contributed by atoms with Crippen molar-refractivity contribution in [3.63, 3.8) is 0 Å². The van der Waals surface area contributed by atoms with Crippen molar-refractivity contribution in [2.24, 2.45) is 0 Å². The molecule has 1 rings (SSSR count). The Morgan fingerprint density at radius 1 is 1.39 bits per heavy atom. The van der Waals surface area contributed by atoms with Gasteiger partial charge in [-0.2, -0.15) is 0 Å². The number of likely N-dealkylation sites (tertiary alicyclic amines) is 1. The third-order valence-corrected chi connectivity index (χ3v) is 2.99. The first kappa shape index (κ1) is 14.9. The van der Waals surface area contributed by atoms with Gasteiger partial charge in [-0.25, -0.2) is 0 Å². The van der Waals surface area contributed by atoms with Crippen LogP contribution in [0.3, 0.4) is 0 Å². The molecule has 18 heavy (non-hydrogen) atoms. The lowest BCUT2D eigenvalue weighted by molar-refractivity contribution is -0.139. The van der Waals surface area contributed by atoms with Crippen molar-refractivity contribution in [3.8, 4) is 0 Å². The fourth-order valence-electron chi connectivity index (χ4n) is 1.93. The van der Waals surface area contributed by atoms with Crippen LogP contribution in [-0.4, -0.2) is 60.8 Å². The van der Waals surface area contributed by atoms with Gasteiger partial charge < -0.3 is 20.1 Å². The molecule has 0 aromatic rings. The van der Waals surface area contributed by atoms with Crippen molar-refractivity contribution in [1.29, 1.82) is 0 Å². The molecule has 6 heteroatoms. The Morgan fingerprint density at radius 3 is 2.61 bits per heavy atom. The molecule has 0 radical (unpaired) electrons. The van der Waals surface area contributed by atoms with E-state index in [0.29, 0.717) is 19.6 Å². The number of piperidine rings is 1. The fourth-order valence-corrected chi connectivity index (χ4v) is 1.93. The smallest absolute Gasteiger partial charge is 0.305 e. The van der Waals surface area contributed by atoms with E-state index in [9.17, 15) is 9.59 Å². The summed E-state index contributed by atoms with van der Waals surface area (Å²) < 4.78 is 5.47. The molecule has 0 unspecified atom stereocenters. The number of rotatable bonds is 7. The highest BCUT2D eigenvalue weighted by Gasteiger charge is 2.22. The van der Waals surface area contributed by atoms with E-state index in [-0.39, 0.29) is 25.0 Å². The van der Waals surface area contributed by atoms with E-state index >= 15 is 0 Å². The molecular weight excluding hydrogens is 236 g/mol. The first-order chi connectivity index (χ1) is 8.63. The summed E-state index contributed by atoms with van der Waals surface area (Å²) in [4.78, 5) is 23.9. The van der Waals surface area contributed by atoms with E-state index in [2.05, 4.69) is 5.32 Å². The molecule has 0 saturated carbocycles. The standard InChI is InChI=1S/C12H22N2O4/c1-2-13-9-11(15)14-6-3-10(4-7-14)18-8-5-12(16)17/h10,13H,2-9H2,1H3,(H,16,17). The van der Waals surface area contributed by atoms with Gasteiger partial charge >= 0.3 is 5.97 Å². The van der Waals surface area contributed by atoms with Crippen LogP contribution in [0.25, 0.3) is 0 Å². The number of likely N-dealkylation sites (N-methyl/N-ethyl adjacent to an activating group) is 1. The van der Waals surface area contributed by atoms with Crippen LogP contribution in [-0.2, 0) is 14.3 Å². The number of carbonyl (C=O) groups excluding carboxylic acids is 1. The van der Waals surface area contributed by atoms with Crippen LogP contribution in [0.5, 0.6) is 0 Å². The minimum absolute atomic E-state index is 0.0412. The molecule has 1 aliphatic heterocycles. The van der Waals surface area contributed by atoms with Gasteiger partial charge in [-0.1, -0.05) is 6.92 Å². The zero-order valence-corrected chi connectivity index (χ0v) is 10.9. The van der Waals surface area contributed by atoms with E-state index in [1.54, 1.807) is 0 Å².